The topological polar surface area (TPSA) is 93.5 Å². The molecule has 0 heterocycles. The zero-order valence-corrected chi connectivity index (χ0v) is 13.3. The first kappa shape index (κ1) is 17.3. The first-order valence-corrected chi connectivity index (χ1v) is 7.64. The van der Waals surface area contributed by atoms with Crippen LogP contribution in [0.15, 0.2) is 48.5 Å². The number of urea groups is 1. The first-order valence-electron chi connectivity index (χ1n) is 7.64. The highest BCUT2D eigenvalue weighted by Gasteiger charge is 2.08. The average Bonchev–Trinajstić information content (AvgIpc) is 2.57. The Balaban J connectivity index is 1.90. The van der Waals surface area contributed by atoms with Crippen LogP contribution in [0.3, 0.4) is 0 Å². The number of rotatable bonds is 7. The van der Waals surface area contributed by atoms with Gasteiger partial charge in [-0.1, -0.05) is 19.4 Å². The van der Waals surface area contributed by atoms with Crippen LogP contribution in [0, 0.1) is 10.1 Å². The Labute approximate surface area is 139 Å². The van der Waals surface area contributed by atoms with Gasteiger partial charge >= 0.3 is 6.03 Å². The number of carbonyl (C=O) groups excluding carboxylic acids is 1. The molecule has 0 saturated heterocycles. The lowest BCUT2D eigenvalue weighted by atomic mass is 10.3. The quantitative estimate of drug-likeness (QED) is 0.447. The molecule has 0 atom stereocenters. The lowest BCUT2D eigenvalue weighted by Crippen LogP contribution is -2.19. The second-order valence-electron chi connectivity index (χ2n) is 5.11. The van der Waals surface area contributed by atoms with Crippen LogP contribution in [0.2, 0.25) is 0 Å². The molecule has 0 aliphatic heterocycles. The summed E-state index contributed by atoms with van der Waals surface area (Å²) in [6, 6.07) is 12.3. The molecular formula is C17H19N3O4. The molecule has 0 saturated carbocycles. The maximum absolute atomic E-state index is 11.9. The van der Waals surface area contributed by atoms with Crippen molar-refractivity contribution >= 4 is 23.1 Å². The van der Waals surface area contributed by atoms with E-state index < -0.39 is 11.0 Å². The molecule has 0 aliphatic rings. The maximum atomic E-state index is 11.9. The van der Waals surface area contributed by atoms with Crippen molar-refractivity contribution in [3.63, 3.8) is 0 Å². The Hall–Kier alpha value is -3.09. The molecule has 0 aliphatic carbocycles. The fourth-order valence-electron chi connectivity index (χ4n) is 1.96. The summed E-state index contributed by atoms with van der Waals surface area (Å²) < 4.78 is 5.55. The second-order valence-corrected chi connectivity index (χ2v) is 5.11. The van der Waals surface area contributed by atoms with Gasteiger partial charge in [-0.3, -0.25) is 10.1 Å². The van der Waals surface area contributed by atoms with Crippen molar-refractivity contribution in [2.75, 3.05) is 17.2 Å². The van der Waals surface area contributed by atoms with Gasteiger partial charge in [0.1, 0.15) is 5.75 Å². The van der Waals surface area contributed by atoms with Gasteiger partial charge in [-0.15, -0.1) is 0 Å². The SMILES string of the molecule is CCCCOc1ccc(NC(=O)Nc2cccc([N+](=O)[O-])c2)cc1. The standard InChI is InChI=1S/C17H19N3O4/c1-2-3-11-24-16-9-7-13(8-10-16)18-17(21)19-14-5-4-6-15(12-14)20(22)23/h4-10,12H,2-3,11H2,1H3,(H2,18,19,21). The van der Waals surface area contributed by atoms with Gasteiger partial charge in [-0.05, 0) is 36.8 Å². The number of amides is 2. The highest BCUT2D eigenvalue weighted by Crippen LogP contribution is 2.19. The van der Waals surface area contributed by atoms with Gasteiger partial charge in [0.2, 0.25) is 0 Å². The number of hydrogen-bond acceptors (Lipinski definition) is 4. The largest absolute Gasteiger partial charge is 0.494 e. The van der Waals surface area contributed by atoms with Gasteiger partial charge in [0.05, 0.1) is 11.5 Å². The third kappa shape index (κ3) is 5.28. The molecule has 2 rings (SSSR count). The number of ether oxygens (including phenoxy) is 1. The van der Waals surface area contributed by atoms with Crippen LogP contribution in [0.4, 0.5) is 21.9 Å². The summed E-state index contributed by atoms with van der Waals surface area (Å²) in [4.78, 5) is 22.1. The first-order chi connectivity index (χ1) is 11.6. The van der Waals surface area contributed by atoms with Gasteiger partial charge in [0.25, 0.3) is 5.69 Å². The average molecular weight is 329 g/mol. The zero-order chi connectivity index (χ0) is 17.4. The molecule has 2 amide bonds. The molecule has 2 aromatic carbocycles. The number of anilines is 2. The van der Waals surface area contributed by atoms with E-state index in [2.05, 4.69) is 17.6 Å². The van der Waals surface area contributed by atoms with Crippen LogP contribution in [0.25, 0.3) is 0 Å². The van der Waals surface area contributed by atoms with E-state index in [1.54, 1.807) is 30.3 Å². The van der Waals surface area contributed by atoms with E-state index in [1.807, 2.05) is 0 Å². The smallest absolute Gasteiger partial charge is 0.323 e. The Morgan fingerprint density at radius 2 is 1.83 bits per heavy atom. The van der Waals surface area contributed by atoms with Crippen LogP contribution in [0.5, 0.6) is 5.75 Å². The number of benzene rings is 2. The molecule has 7 heteroatoms. The molecule has 24 heavy (non-hydrogen) atoms. The zero-order valence-electron chi connectivity index (χ0n) is 13.3. The summed E-state index contributed by atoms with van der Waals surface area (Å²) in [5.41, 5.74) is 0.864. The molecule has 0 unspecified atom stereocenters. The predicted molar refractivity (Wildman–Crippen MR) is 92.6 cm³/mol. The summed E-state index contributed by atoms with van der Waals surface area (Å²) in [7, 11) is 0. The van der Waals surface area contributed by atoms with Crippen molar-refractivity contribution < 1.29 is 14.5 Å². The van der Waals surface area contributed by atoms with Crippen LogP contribution in [-0.4, -0.2) is 17.6 Å². The minimum Gasteiger partial charge on any atom is -0.494 e. The summed E-state index contributed by atoms with van der Waals surface area (Å²) in [5.74, 6) is 0.744. The van der Waals surface area contributed by atoms with E-state index in [-0.39, 0.29) is 5.69 Å². The fraction of sp³-hybridized carbons (Fsp3) is 0.235. The Morgan fingerprint density at radius 3 is 2.50 bits per heavy atom. The molecule has 0 fully saturated rings. The predicted octanol–water partition coefficient (Wildman–Crippen LogP) is 4.42. The number of nitro benzene ring substituents is 1. The van der Waals surface area contributed by atoms with E-state index in [4.69, 9.17) is 4.74 Å². The Kier molecular flexibility index (Phi) is 6.13. The van der Waals surface area contributed by atoms with Crippen LogP contribution >= 0.6 is 0 Å². The molecule has 0 bridgehead atoms. The van der Waals surface area contributed by atoms with E-state index in [1.165, 1.54) is 18.2 Å². The Bertz CT molecular complexity index is 701. The van der Waals surface area contributed by atoms with Crippen molar-refractivity contribution in [3.8, 4) is 5.75 Å². The number of nitrogens with zero attached hydrogens (tertiary/aromatic N) is 1. The summed E-state index contributed by atoms with van der Waals surface area (Å²) >= 11 is 0. The molecule has 0 spiro atoms. The third-order valence-corrected chi connectivity index (χ3v) is 3.19. The lowest BCUT2D eigenvalue weighted by molar-refractivity contribution is -0.384. The van der Waals surface area contributed by atoms with E-state index >= 15 is 0 Å². The van der Waals surface area contributed by atoms with Gasteiger partial charge in [0, 0.05) is 23.5 Å². The van der Waals surface area contributed by atoms with Crippen molar-refractivity contribution in [1.82, 2.24) is 0 Å². The lowest BCUT2D eigenvalue weighted by Gasteiger charge is -2.09. The minimum atomic E-state index is -0.514. The second kappa shape index (κ2) is 8.52. The molecule has 2 aromatic rings. The highest BCUT2D eigenvalue weighted by molar-refractivity contribution is 5.99. The van der Waals surface area contributed by atoms with E-state index in [0.29, 0.717) is 18.0 Å². The highest BCUT2D eigenvalue weighted by atomic mass is 16.6. The molecule has 2 N–H and O–H groups in total. The van der Waals surface area contributed by atoms with Crippen molar-refractivity contribution in [3.05, 3.63) is 58.6 Å². The maximum Gasteiger partial charge on any atom is 0.323 e. The monoisotopic (exact) mass is 329 g/mol. The number of hydrogen-bond donors (Lipinski definition) is 2. The van der Waals surface area contributed by atoms with Gasteiger partial charge < -0.3 is 15.4 Å². The van der Waals surface area contributed by atoms with E-state index in [9.17, 15) is 14.9 Å². The van der Waals surface area contributed by atoms with Gasteiger partial charge in [-0.25, -0.2) is 4.79 Å². The van der Waals surface area contributed by atoms with Crippen LogP contribution < -0.4 is 15.4 Å². The van der Waals surface area contributed by atoms with E-state index in [0.717, 1.165) is 18.6 Å². The summed E-state index contributed by atoms with van der Waals surface area (Å²) in [6.07, 6.45) is 2.06. The van der Waals surface area contributed by atoms with Crippen LogP contribution in [-0.2, 0) is 0 Å². The molecule has 0 aromatic heterocycles. The molecule has 126 valence electrons. The number of unbranched alkanes of at least 4 members (excludes halogenated alkanes) is 1. The number of carbonyl (C=O) groups is 1. The molecule has 0 radical (unpaired) electrons. The minimum absolute atomic E-state index is 0.0821. The number of nitro groups is 1. The van der Waals surface area contributed by atoms with Crippen molar-refractivity contribution in [2.45, 2.75) is 19.8 Å². The summed E-state index contributed by atoms with van der Waals surface area (Å²) in [6.45, 7) is 2.76. The third-order valence-electron chi connectivity index (χ3n) is 3.19. The fourth-order valence-corrected chi connectivity index (χ4v) is 1.96. The van der Waals surface area contributed by atoms with Crippen molar-refractivity contribution in [2.24, 2.45) is 0 Å². The van der Waals surface area contributed by atoms with Crippen LogP contribution in [0.1, 0.15) is 19.8 Å². The summed E-state index contributed by atoms with van der Waals surface area (Å²) in [5, 5.41) is 15.9. The molecular weight excluding hydrogens is 310 g/mol. The number of non-ortho nitro benzene ring substituents is 1. The van der Waals surface area contributed by atoms with Crippen molar-refractivity contribution in [1.29, 1.82) is 0 Å². The Morgan fingerprint density at radius 1 is 1.12 bits per heavy atom. The normalized spacial score (nSPS) is 10.0. The van der Waals surface area contributed by atoms with Gasteiger partial charge in [0.15, 0.2) is 0 Å². The number of nitrogens with one attached hydrogen (secondary N) is 2. The van der Waals surface area contributed by atoms with Gasteiger partial charge in [-0.2, -0.15) is 0 Å². The molecule has 7 nitrogen and oxygen atoms in total.